The van der Waals surface area contributed by atoms with E-state index < -0.39 is 11.0 Å². The lowest BCUT2D eigenvalue weighted by atomic mass is 10.2. The highest BCUT2D eigenvalue weighted by Gasteiger charge is 2.22. The van der Waals surface area contributed by atoms with Crippen LogP contribution < -0.4 is 10.1 Å². The highest BCUT2D eigenvalue weighted by Crippen LogP contribution is 2.29. The van der Waals surface area contributed by atoms with Crippen LogP contribution in [0.2, 0.25) is 0 Å². The molecule has 1 rings (SSSR count). The molecule has 0 aliphatic heterocycles. The lowest BCUT2D eigenvalue weighted by Crippen LogP contribution is -2.44. The lowest BCUT2D eigenvalue weighted by molar-refractivity contribution is -0.384. The summed E-state index contributed by atoms with van der Waals surface area (Å²) < 4.78 is 5.08. The molecule has 0 aliphatic rings. The van der Waals surface area contributed by atoms with Crippen LogP contribution in [0.3, 0.4) is 0 Å². The zero-order chi connectivity index (χ0) is 18.4. The standard InChI is InChI=1S/C15H22N4O5/c1-10(18(4)9-14(20)17(2)3)15(21)16-12-7-6-11(19(22)23)8-13(12)24-5/h6-8,10H,9H2,1-5H3,(H,16,21)/t10-/m1/s1. The van der Waals surface area contributed by atoms with E-state index >= 15 is 0 Å². The summed E-state index contributed by atoms with van der Waals surface area (Å²) in [6, 6.07) is 3.35. The zero-order valence-electron chi connectivity index (χ0n) is 14.4. The maximum absolute atomic E-state index is 12.3. The van der Waals surface area contributed by atoms with Gasteiger partial charge in [-0.2, -0.15) is 0 Å². The van der Waals surface area contributed by atoms with Gasteiger partial charge in [0.25, 0.3) is 5.69 Å². The molecule has 1 aromatic carbocycles. The third-order valence-electron chi connectivity index (χ3n) is 3.58. The SMILES string of the molecule is COc1cc([N+](=O)[O-])ccc1NC(=O)[C@@H](C)N(C)CC(=O)N(C)C. The third kappa shape index (κ3) is 4.92. The average Bonchev–Trinajstić information content (AvgIpc) is 2.53. The number of nitro benzene ring substituents is 1. The van der Waals surface area contributed by atoms with Crippen molar-refractivity contribution in [3.8, 4) is 5.75 Å². The predicted molar refractivity (Wildman–Crippen MR) is 89.1 cm³/mol. The molecule has 9 nitrogen and oxygen atoms in total. The van der Waals surface area contributed by atoms with Gasteiger partial charge in [-0.25, -0.2) is 0 Å². The molecule has 2 amide bonds. The summed E-state index contributed by atoms with van der Waals surface area (Å²) in [4.78, 5) is 37.3. The van der Waals surface area contributed by atoms with Gasteiger partial charge in [0.05, 0.1) is 36.4 Å². The smallest absolute Gasteiger partial charge is 0.273 e. The average molecular weight is 338 g/mol. The first kappa shape index (κ1) is 19.4. The van der Waals surface area contributed by atoms with Gasteiger partial charge in [-0.15, -0.1) is 0 Å². The van der Waals surface area contributed by atoms with Gasteiger partial charge in [-0.05, 0) is 20.0 Å². The normalized spacial score (nSPS) is 11.8. The summed E-state index contributed by atoms with van der Waals surface area (Å²) in [5.41, 5.74) is 0.193. The topological polar surface area (TPSA) is 105 Å². The fraction of sp³-hybridized carbons (Fsp3) is 0.467. The number of nitrogens with one attached hydrogen (secondary N) is 1. The molecule has 0 fully saturated rings. The van der Waals surface area contributed by atoms with E-state index in [1.165, 1.54) is 30.2 Å². The molecule has 0 aromatic heterocycles. The van der Waals surface area contributed by atoms with Crippen LogP contribution >= 0.6 is 0 Å². The van der Waals surface area contributed by atoms with Crippen LogP contribution in [0.25, 0.3) is 0 Å². The van der Waals surface area contributed by atoms with Gasteiger partial charge < -0.3 is 15.0 Å². The summed E-state index contributed by atoms with van der Waals surface area (Å²) >= 11 is 0. The summed E-state index contributed by atoms with van der Waals surface area (Å²) in [6.07, 6.45) is 0. The number of amides is 2. The number of nitrogens with zero attached hydrogens (tertiary/aromatic N) is 3. The summed E-state index contributed by atoms with van der Waals surface area (Å²) in [7, 11) is 6.31. The van der Waals surface area contributed by atoms with E-state index in [9.17, 15) is 19.7 Å². The van der Waals surface area contributed by atoms with Crippen LogP contribution in [0.15, 0.2) is 18.2 Å². The third-order valence-corrected chi connectivity index (χ3v) is 3.58. The van der Waals surface area contributed by atoms with Crippen molar-refractivity contribution in [3.05, 3.63) is 28.3 Å². The molecule has 0 heterocycles. The van der Waals surface area contributed by atoms with E-state index in [1.54, 1.807) is 33.0 Å². The molecule has 9 heteroatoms. The minimum atomic E-state index is -0.575. The molecule has 0 saturated heterocycles. The number of carbonyl (C=O) groups excluding carboxylic acids is 2. The minimum Gasteiger partial charge on any atom is -0.494 e. The number of likely N-dealkylation sites (N-methyl/N-ethyl adjacent to an activating group) is 2. The van der Waals surface area contributed by atoms with Gasteiger partial charge in [0.1, 0.15) is 5.75 Å². The van der Waals surface area contributed by atoms with Crippen molar-refractivity contribution in [2.24, 2.45) is 0 Å². The number of anilines is 1. The van der Waals surface area contributed by atoms with E-state index in [-0.39, 0.29) is 29.8 Å². The molecule has 24 heavy (non-hydrogen) atoms. The molecule has 0 radical (unpaired) electrons. The number of rotatable bonds is 7. The van der Waals surface area contributed by atoms with Gasteiger partial charge in [-0.3, -0.25) is 24.6 Å². The first-order chi connectivity index (χ1) is 11.2. The maximum atomic E-state index is 12.3. The zero-order valence-corrected chi connectivity index (χ0v) is 14.4. The largest absolute Gasteiger partial charge is 0.494 e. The molecule has 132 valence electrons. The number of benzene rings is 1. The monoisotopic (exact) mass is 338 g/mol. The molecule has 0 aliphatic carbocycles. The first-order valence-corrected chi connectivity index (χ1v) is 7.21. The number of methoxy groups -OCH3 is 1. The van der Waals surface area contributed by atoms with E-state index in [2.05, 4.69) is 5.32 Å². The van der Waals surface area contributed by atoms with Crippen molar-refractivity contribution in [2.45, 2.75) is 13.0 Å². The van der Waals surface area contributed by atoms with Gasteiger partial charge in [0, 0.05) is 20.2 Å². The molecule has 0 spiro atoms. The molecule has 1 atom stereocenters. The first-order valence-electron chi connectivity index (χ1n) is 7.21. The second-order valence-corrected chi connectivity index (χ2v) is 5.51. The Balaban J connectivity index is 2.83. The molecular weight excluding hydrogens is 316 g/mol. The van der Waals surface area contributed by atoms with Gasteiger partial charge >= 0.3 is 0 Å². The Bertz CT molecular complexity index is 632. The van der Waals surface area contributed by atoms with Crippen LogP contribution in [-0.2, 0) is 9.59 Å². The maximum Gasteiger partial charge on any atom is 0.273 e. The highest BCUT2D eigenvalue weighted by molar-refractivity contribution is 5.96. The Labute approximate surface area is 140 Å². The van der Waals surface area contributed by atoms with Gasteiger partial charge in [0.15, 0.2) is 0 Å². The van der Waals surface area contributed by atoms with Crippen molar-refractivity contribution < 1.29 is 19.2 Å². The van der Waals surface area contributed by atoms with E-state index in [0.717, 1.165) is 0 Å². The van der Waals surface area contributed by atoms with Gasteiger partial charge in [-0.1, -0.05) is 0 Å². The van der Waals surface area contributed by atoms with Crippen molar-refractivity contribution in [3.63, 3.8) is 0 Å². The molecule has 0 saturated carbocycles. The molecule has 0 unspecified atom stereocenters. The van der Waals surface area contributed by atoms with Crippen molar-refractivity contribution in [1.82, 2.24) is 9.80 Å². The second-order valence-electron chi connectivity index (χ2n) is 5.51. The number of ether oxygens (including phenoxy) is 1. The number of carbonyl (C=O) groups is 2. The Morgan fingerprint density at radius 1 is 1.33 bits per heavy atom. The van der Waals surface area contributed by atoms with Crippen molar-refractivity contribution in [1.29, 1.82) is 0 Å². The highest BCUT2D eigenvalue weighted by atomic mass is 16.6. The van der Waals surface area contributed by atoms with E-state index in [1.807, 2.05) is 0 Å². The molecule has 1 N–H and O–H groups in total. The second kappa shape index (κ2) is 8.25. The summed E-state index contributed by atoms with van der Waals surface area (Å²) in [6.45, 7) is 1.76. The van der Waals surface area contributed by atoms with Crippen LogP contribution in [0.4, 0.5) is 11.4 Å². The Kier molecular flexibility index (Phi) is 6.66. The summed E-state index contributed by atoms with van der Waals surface area (Å²) in [5, 5.41) is 13.4. The number of hydrogen-bond acceptors (Lipinski definition) is 6. The molecule has 0 bridgehead atoms. The van der Waals surface area contributed by atoms with Gasteiger partial charge in [0.2, 0.25) is 11.8 Å². The minimum absolute atomic E-state index is 0.0962. The summed E-state index contributed by atoms with van der Waals surface area (Å²) in [5.74, 6) is -0.280. The van der Waals surface area contributed by atoms with E-state index in [0.29, 0.717) is 5.69 Å². The Morgan fingerprint density at radius 3 is 2.46 bits per heavy atom. The number of nitro groups is 1. The van der Waals surface area contributed by atoms with Crippen LogP contribution in [0.5, 0.6) is 5.75 Å². The fourth-order valence-electron chi connectivity index (χ4n) is 1.83. The van der Waals surface area contributed by atoms with Crippen LogP contribution in [0, 0.1) is 10.1 Å². The van der Waals surface area contributed by atoms with Crippen LogP contribution in [-0.4, -0.2) is 67.4 Å². The molecular formula is C15H22N4O5. The number of non-ortho nitro benzene ring substituents is 1. The molecule has 1 aromatic rings. The predicted octanol–water partition coefficient (Wildman–Crippen LogP) is 0.950. The van der Waals surface area contributed by atoms with Crippen LogP contribution in [0.1, 0.15) is 6.92 Å². The lowest BCUT2D eigenvalue weighted by Gasteiger charge is -2.24. The van der Waals surface area contributed by atoms with Crippen molar-refractivity contribution >= 4 is 23.2 Å². The number of hydrogen-bond donors (Lipinski definition) is 1. The fourth-order valence-corrected chi connectivity index (χ4v) is 1.83. The Hall–Kier alpha value is -2.68. The van der Waals surface area contributed by atoms with E-state index in [4.69, 9.17) is 4.74 Å². The quantitative estimate of drug-likeness (QED) is 0.586. The van der Waals surface area contributed by atoms with Crippen molar-refractivity contribution in [2.75, 3.05) is 40.1 Å². The Morgan fingerprint density at radius 2 is 1.96 bits per heavy atom.